The Labute approximate surface area is 79.2 Å². The molecule has 0 aromatic heterocycles. The molecule has 0 aromatic carbocycles. The summed E-state index contributed by atoms with van der Waals surface area (Å²) in [5, 5.41) is 2.60. The number of alkyl carbamates (subject to hydrolysis) is 1. The summed E-state index contributed by atoms with van der Waals surface area (Å²) in [6.07, 6.45) is -0.595. The van der Waals surface area contributed by atoms with E-state index in [1.165, 1.54) is 0 Å². The maximum absolute atomic E-state index is 11.1. The first-order valence-electron chi connectivity index (χ1n) is 4.27. The van der Waals surface area contributed by atoms with Gasteiger partial charge in [-0.1, -0.05) is 0 Å². The van der Waals surface area contributed by atoms with Crippen molar-refractivity contribution in [3.63, 3.8) is 0 Å². The molecule has 0 aromatic rings. The van der Waals surface area contributed by atoms with Gasteiger partial charge in [-0.15, -0.1) is 0 Å². The van der Waals surface area contributed by atoms with Crippen LogP contribution in [0.4, 0.5) is 4.79 Å². The third kappa shape index (κ3) is 7.55. The first-order valence-corrected chi connectivity index (χ1v) is 4.27. The Kier molecular flexibility index (Phi) is 4.72. The van der Waals surface area contributed by atoms with Crippen molar-refractivity contribution in [1.82, 2.24) is 16.2 Å². The molecule has 5 nitrogen and oxygen atoms in total. The molecule has 0 bridgehead atoms. The average Bonchev–Trinajstić information content (AvgIpc) is 1.81. The molecule has 0 aliphatic rings. The van der Waals surface area contributed by atoms with Crippen LogP contribution in [0.2, 0.25) is 0 Å². The molecule has 0 radical (unpaired) electrons. The van der Waals surface area contributed by atoms with E-state index in [-0.39, 0.29) is 6.17 Å². The van der Waals surface area contributed by atoms with E-state index in [0.717, 1.165) is 0 Å². The van der Waals surface area contributed by atoms with Gasteiger partial charge >= 0.3 is 6.09 Å². The lowest BCUT2D eigenvalue weighted by molar-refractivity contribution is 0.0496. The minimum absolute atomic E-state index is 0.167. The van der Waals surface area contributed by atoms with Gasteiger partial charge in [0.2, 0.25) is 0 Å². The smallest absolute Gasteiger partial charge is 0.408 e. The first-order chi connectivity index (χ1) is 5.85. The molecular weight excluding hydrogens is 170 g/mol. The van der Waals surface area contributed by atoms with Gasteiger partial charge in [0.15, 0.2) is 0 Å². The fourth-order valence-electron chi connectivity index (χ4n) is 0.737. The highest BCUT2D eigenvalue weighted by atomic mass is 16.6. The summed E-state index contributed by atoms with van der Waals surface area (Å²) in [4.78, 5) is 11.1. The Morgan fingerprint density at radius 2 is 1.92 bits per heavy atom. The van der Waals surface area contributed by atoms with Gasteiger partial charge < -0.3 is 10.1 Å². The molecule has 3 N–H and O–H groups in total. The van der Waals surface area contributed by atoms with E-state index in [2.05, 4.69) is 16.2 Å². The number of nitrogens with one attached hydrogen (secondary N) is 3. The van der Waals surface area contributed by atoms with Crippen LogP contribution in [0, 0.1) is 0 Å². The van der Waals surface area contributed by atoms with E-state index in [1.54, 1.807) is 14.0 Å². The van der Waals surface area contributed by atoms with E-state index in [1.807, 2.05) is 20.8 Å². The Morgan fingerprint density at radius 3 is 2.31 bits per heavy atom. The second-order valence-corrected chi connectivity index (χ2v) is 3.76. The van der Waals surface area contributed by atoms with E-state index in [4.69, 9.17) is 4.74 Å². The van der Waals surface area contributed by atoms with Crippen molar-refractivity contribution in [1.29, 1.82) is 0 Å². The highest BCUT2D eigenvalue weighted by Gasteiger charge is 2.16. The number of ether oxygens (including phenoxy) is 1. The Bertz CT molecular complexity index is 165. The van der Waals surface area contributed by atoms with Crippen LogP contribution >= 0.6 is 0 Å². The average molecular weight is 189 g/mol. The van der Waals surface area contributed by atoms with E-state index >= 15 is 0 Å². The molecule has 0 aliphatic heterocycles. The number of hydrazine groups is 1. The highest BCUT2D eigenvalue weighted by Crippen LogP contribution is 2.06. The zero-order chi connectivity index (χ0) is 10.5. The van der Waals surface area contributed by atoms with Crippen LogP contribution < -0.4 is 16.2 Å². The van der Waals surface area contributed by atoms with Crippen LogP contribution in [-0.2, 0) is 4.74 Å². The molecule has 0 spiro atoms. The molecule has 5 heteroatoms. The van der Waals surface area contributed by atoms with E-state index in [9.17, 15) is 4.79 Å². The summed E-state index contributed by atoms with van der Waals surface area (Å²) in [5.41, 5.74) is 5.06. The third-order valence-corrected chi connectivity index (χ3v) is 1.09. The summed E-state index contributed by atoms with van der Waals surface area (Å²) in [6, 6.07) is 0. The molecule has 1 amide bonds. The molecule has 0 aliphatic carbocycles. The van der Waals surface area contributed by atoms with Gasteiger partial charge in [0.25, 0.3) is 0 Å². The fraction of sp³-hybridized carbons (Fsp3) is 0.875. The van der Waals surface area contributed by atoms with Gasteiger partial charge in [0.1, 0.15) is 5.60 Å². The van der Waals surface area contributed by atoms with Crippen molar-refractivity contribution in [2.45, 2.75) is 39.5 Å². The highest BCUT2D eigenvalue weighted by molar-refractivity contribution is 5.67. The van der Waals surface area contributed by atoms with Crippen LogP contribution in [0.15, 0.2) is 0 Å². The van der Waals surface area contributed by atoms with E-state index < -0.39 is 11.7 Å². The number of hydrogen-bond donors (Lipinski definition) is 3. The second-order valence-electron chi connectivity index (χ2n) is 3.76. The van der Waals surface area contributed by atoms with Gasteiger partial charge in [-0.25, -0.2) is 10.2 Å². The zero-order valence-corrected chi connectivity index (χ0v) is 8.89. The molecule has 0 fully saturated rings. The molecular formula is C8H19N3O2. The van der Waals surface area contributed by atoms with Crippen molar-refractivity contribution in [2.75, 3.05) is 7.05 Å². The van der Waals surface area contributed by atoms with E-state index in [0.29, 0.717) is 0 Å². The minimum Gasteiger partial charge on any atom is -0.444 e. The Hall–Kier alpha value is -0.810. The van der Waals surface area contributed by atoms with Crippen molar-refractivity contribution in [3.05, 3.63) is 0 Å². The topological polar surface area (TPSA) is 62.4 Å². The molecule has 1 atom stereocenters. The lowest BCUT2D eigenvalue weighted by atomic mass is 10.2. The predicted octanol–water partition coefficient (Wildman–Crippen LogP) is 0.581. The van der Waals surface area contributed by atoms with Gasteiger partial charge in [-0.3, -0.25) is 5.43 Å². The summed E-state index contributed by atoms with van der Waals surface area (Å²) >= 11 is 0. The minimum atomic E-state index is -0.455. The van der Waals surface area contributed by atoms with Crippen molar-refractivity contribution in [3.8, 4) is 0 Å². The summed E-state index contributed by atoms with van der Waals surface area (Å²) < 4.78 is 5.04. The number of rotatable bonds is 3. The quantitative estimate of drug-likeness (QED) is 0.449. The Morgan fingerprint density at radius 1 is 1.38 bits per heavy atom. The Balaban J connectivity index is 3.74. The lowest BCUT2D eigenvalue weighted by Crippen LogP contribution is -2.49. The number of carbonyl (C=O) groups excluding carboxylic acids is 1. The van der Waals surface area contributed by atoms with Crippen LogP contribution in [0.3, 0.4) is 0 Å². The molecule has 0 heterocycles. The maximum atomic E-state index is 11.1. The molecule has 1 unspecified atom stereocenters. The summed E-state index contributed by atoms with van der Waals surface area (Å²) in [5.74, 6) is 0. The number of amides is 1. The molecule has 78 valence electrons. The first kappa shape index (κ1) is 12.2. The third-order valence-electron chi connectivity index (χ3n) is 1.09. The van der Waals surface area contributed by atoms with Crippen LogP contribution in [0.1, 0.15) is 27.7 Å². The number of hydrogen-bond acceptors (Lipinski definition) is 4. The number of carbonyl (C=O) groups is 1. The second kappa shape index (κ2) is 5.04. The monoisotopic (exact) mass is 189 g/mol. The summed E-state index contributed by atoms with van der Waals surface area (Å²) in [7, 11) is 1.73. The summed E-state index contributed by atoms with van der Waals surface area (Å²) in [6.45, 7) is 7.27. The fourth-order valence-corrected chi connectivity index (χ4v) is 0.737. The standard InChI is InChI=1S/C8H19N3O2/c1-6(11-9-5)10-7(12)13-8(2,3)4/h6,9,11H,1-5H3,(H,10,12). The van der Waals surface area contributed by atoms with Gasteiger partial charge in [0, 0.05) is 0 Å². The maximum Gasteiger partial charge on any atom is 0.408 e. The van der Waals surface area contributed by atoms with Gasteiger partial charge in [0.05, 0.1) is 6.17 Å². The van der Waals surface area contributed by atoms with Crippen molar-refractivity contribution in [2.24, 2.45) is 0 Å². The van der Waals surface area contributed by atoms with Crippen LogP contribution in [0.25, 0.3) is 0 Å². The molecule has 0 saturated heterocycles. The SMILES string of the molecule is CNNC(C)NC(=O)OC(C)(C)C. The molecule has 13 heavy (non-hydrogen) atoms. The zero-order valence-electron chi connectivity index (χ0n) is 8.89. The van der Waals surface area contributed by atoms with Crippen molar-refractivity contribution < 1.29 is 9.53 Å². The molecule has 0 rings (SSSR count). The van der Waals surface area contributed by atoms with Crippen LogP contribution in [0.5, 0.6) is 0 Å². The van der Waals surface area contributed by atoms with Gasteiger partial charge in [-0.2, -0.15) is 0 Å². The largest absolute Gasteiger partial charge is 0.444 e. The van der Waals surface area contributed by atoms with Crippen molar-refractivity contribution >= 4 is 6.09 Å². The normalized spacial score (nSPS) is 13.6. The molecule has 0 saturated carbocycles. The van der Waals surface area contributed by atoms with Gasteiger partial charge in [-0.05, 0) is 34.7 Å². The predicted molar refractivity (Wildman–Crippen MR) is 51.0 cm³/mol. The lowest BCUT2D eigenvalue weighted by Gasteiger charge is -2.22. The van der Waals surface area contributed by atoms with Crippen LogP contribution in [-0.4, -0.2) is 24.9 Å².